The number of hydrogen-bond donors (Lipinski definition) is 2. The lowest BCUT2D eigenvalue weighted by Gasteiger charge is -2.22. The van der Waals surface area contributed by atoms with Crippen molar-refractivity contribution in [3.8, 4) is 5.75 Å². The largest absolute Gasteiger partial charge is 0.497 e. The molecule has 0 aliphatic rings. The van der Waals surface area contributed by atoms with Gasteiger partial charge in [-0.1, -0.05) is 41.9 Å². The SMILES string of the molecule is COc1ccc(CNC(=O)[C@@H](NC(=O)c2ccc(Br)cc2)C(C)C)cc1. The number of methoxy groups -OCH3 is 1. The maximum atomic E-state index is 12.5. The predicted molar refractivity (Wildman–Crippen MR) is 105 cm³/mol. The summed E-state index contributed by atoms with van der Waals surface area (Å²) in [5, 5.41) is 5.70. The second-order valence-electron chi connectivity index (χ2n) is 6.27. The Morgan fingerprint density at radius 3 is 2.19 bits per heavy atom. The van der Waals surface area contributed by atoms with Gasteiger partial charge in [-0.15, -0.1) is 0 Å². The molecule has 2 rings (SSSR count). The summed E-state index contributed by atoms with van der Waals surface area (Å²) in [7, 11) is 1.61. The average molecular weight is 419 g/mol. The number of carbonyl (C=O) groups is 2. The van der Waals surface area contributed by atoms with Crippen molar-refractivity contribution in [2.75, 3.05) is 7.11 Å². The van der Waals surface area contributed by atoms with Crippen LogP contribution in [0.1, 0.15) is 29.8 Å². The standard InChI is InChI=1S/C20H23BrN2O3/c1-13(2)18(23-19(24)15-6-8-16(21)9-7-15)20(25)22-12-14-4-10-17(26-3)11-5-14/h4-11,13,18H,12H2,1-3H3,(H,22,25)(H,23,24)/t18-/m0/s1. The fourth-order valence-corrected chi connectivity index (χ4v) is 2.67. The molecule has 0 heterocycles. The number of ether oxygens (including phenoxy) is 1. The second kappa shape index (κ2) is 9.38. The van der Waals surface area contributed by atoms with Gasteiger partial charge in [0, 0.05) is 16.6 Å². The third-order valence-corrected chi connectivity index (χ3v) is 4.50. The van der Waals surface area contributed by atoms with E-state index in [2.05, 4.69) is 26.6 Å². The van der Waals surface area contributed by atoms with Crippen LogP contribution in [0.4, 0.5) is 0 Å². The van der Waals surface area contributed by atoms with Gasteiger partial charge in [0.2, 0.25) is 5.91 Å². The summed E-state index contributed by atoms with van der Waals surface area (Å²) >= 11 is 3.34. The summed E-state index contributed by atoms with van der Waals surface area (Å²) in [4.78, 5) is 24.9. The van der Waals surface area contributed by atoms with Gasteiger partial charge in [-0.25, -0.2) is 0 Å². The van der Waals surface area contributed by atoms with Gasteiger partial charge in [-0.05, 0) is 47.9 Å². The van der Waals surface area contributed by atoms with Crippen LogP contribution in [0.3, 0.4) is 0 Å². The van der Waals surface area contributed by atoms with Crippen molar-refractivity contribution in [3.63, 3.8) is 0 Å². The first-order valence-corrected chi connectivity index (χ1v) is 9.17. The minimum absolute atomic E-state index is 0.0368. The lowest BCUT2D eigenvalue weighted by Crippen LogP contribution is -2.49. The van der Waals surface area contributed by atoms with Crippen molar-refractivity contribution in [1.82, 2.24) is 10.6 Å². The van der Waals surface area contributed by atoms with Crippen LogP contribution >= 0.6 is 15.9 Å². The van der Waals surface area contributed by atoms with Crippen molar-refractivity contribution in [1.29, 1.82) is 0 Å². The van der Waals surface area contributed by atoms with Crippen LogP contribution in [0.25, 0.3) is 0 Å². The molecule has 0 aliphatic heterocycles. The number of carbonyl (C=O) groups excluding carboxylic acids is 2. The molecule has 2 amide bonds. The van der Waals surface area contributed by atoms with Crippen LogP contribution in [0.2, 0.25) is 0 Å². The molecule has 0 aliphatic carbocycles. The lowest BCUT2D eigenvalue weighted by atomic mass is 10.0. The highest BCUT2D eigenvalue weighted by molar-refractivity contribution is 9.10. The molecular formula is C20H23BrN2O3. The minimum atomic E-state index is -0.607. The number of rotatable bonds is 7. The Morgan fingerprint density at radius 2 is 1.65 bits per heavy atom. The third-order valence-electron chi connectivity index (χ3n) is 3.97. The molecule has 1 atom stereocenters. The van der Waals surface area contributed by atoms with Crippen molar-refractivity contribution >= 4 is 27.7 Å². The van der Waals surface area contributed by atoms with E-state index in [1.807, 2.05) is 38.1 Å². The highest BCUT2D eigenvalue weighted by atomic mass is 79.9. The molecule has 0 fully saturated rings. The van der Waals surface area contributed by atoms with E-state index in [4.69, 9.17) is 4.74 Å². The van der Waals surface area contributed by atoms with Gasteiger partial charge >= 0.3 is 0 Å². The molecule has 0 saturated carbocycles. The van der Waals surface area contributed by atoms with Gasteiger partial charge in [-0.2, -0.15) is 0 Å². The molecule has 6 heteroatoms. The average Bonchev–Trinajstić information content (AvgIpc) is 2.64. The van der Waals surface area contributed by atoms with Crippen LogP contribution < -0.4 is 15.4 Å². The molecule has 2 aromatic rings. The zero-order valence-electron chi connectivity index (χ0n) is 15.1. The van der Waals surface area contributed by atoms with Gasteiger partial charge in [0.05, 0.1) is 7.11 Å². The van der Waals surface area contributed by atoms with E-state index in [0.717, 1.165) is 15.8 Å². The van der Waals surface area contributed by atoms with Crippen LogP contribution in [0.5, 0.6) is 5.75 Å². The van der Waals surface area contributed by atoms with E-state index < -0.39 is 6.04 Å². The quantitative estimate of drug-likeness (QED) is 0.722. The first-order valence-electron chi connectivity index (χ1n) is 8.37. The Bertz CT molecular complexity index is 743. The van der Waals surface area contributed by atoms with Crippen molar-refractivity contribution in [2.45, 2.75) is 26.4 Å². The molecular weight excluding hydrogens is 396 g/mol. The van der Waals surface area contributed by atoms with Crippen LogP contribution in [0, 0.1) is 5.92 Å². The van der Waals surface area contributed by atoms with E-state index in [1.165, 1.54) is 0 Å². The summed E-state index contributed by atoms with van der Waals surface area (Å²) < 4.78 is 6.01. The highest BCUT2D eigenvalue weighted by Crippen LogP contribution is 2.13. The number of hydrogen-bond acceptors (Lipinski definition) is 3. The van der Waals surface area contributed by atoms with Gasteiger partial charge < -0.3 is 15.4 Å². The van der Waals surface area contributed by atoms with Crippen LogP contribution in [-0.2, 0) is 11.3 Å². The number of halogens is 1. The molecule has 0 spiro atoms. The van der Waals surface area contributed by atoms with Gasteiger partial charge in [0.15, 0.2) is 0 Å². The Balaban J connectivity index is 1.97. The normalized spacial score (nSPS) is 11.7. The fourth-order valence-electron chi connectivity index (χ4n) is 2.40. The first-order chi connectivity index (χ1) is 12.4. The fraction of sp³-hybridized carbons (Fsp3) is 0.300. The topological polar surface area (TPSA) is 67.4 Å². The molecule has 5 nitrogen and oxygen atoms in total. The Hall–Kier alpha value is -2.34. The predicted octanol–water partition coefficient (Wildman–Crippen LogP) is 3.53. The molecule has 138 valence electrons. The first kappa shape index (κ1) is 20.0. The molecule has 2 aromatic carbocycles. The van der Waals surface area contributed by atoms with E-state index in [0.29, 0.717) is 12.1 Å². The van der Waals surface area contributed by atoms with Crippen molar-refractivity contribution < 1.29 is 14.3 Å². The van der Waals surface area contributed by atoms with E-state index in [1.54, 1.807) is 31.4 Å². The van der Waals surface area contributed by atoms with Crippen LogP contribution in [-0.4, -0.2) is 25.0 Å². The van der Waals surface area contributed by atoms with Crippen molar-refractivity contribution in [3.05, 3.63) is 64.1 Å². The number of nitrogens with one attached hydrogen (secondary N) is 2. The third kappa shape index (κ3) is 5.59. The van der Waals surface area contributed by atoms with Gasteiger partial charge in [-0.3, -0.25) is 9.59 Å². The van der Waals surface area contributed by atoms with Gasteiger partial charge in [0.1, 0.15) is 11.8 Å². The summed E-state index contributed by atoms with van der Waals surface area (Å²) in [5.74, 6) is 0.254. The monoisotopic (exact) mass is 418 g/mol. The highest BCUT2D eigenvalue weighted by Gasteiger charge is 2.24. The molecule has 0 radical (unpaired) electrons. The summed E-state index contributed by atoms with van der Waals surface area (Å²) in [5.41, 5.74) is 1.47. The zero-order chi connectivity index (χ0) is 19.1. The molecule has 0 saturated heterocycles. The number of benzene rings is 2. The van der Waals surface area contributed by atoms with Crippen molar-refractivity contribution in [2.24, 2.45) is 5.92 Å². The number of amides is 2. The Labute approximate surface area is 162 Å². The molecule has 0 unspecified atom stereocenters. The summed E-state index contributed by atoms with van der Waals surface area (Å²) in [6.07, 6.45) is 0. The van der Waals surface area contributed by atoms with E-state index in [9.17, 15) is 9.59 Å². The smallest absolute Gasteiger partial charge is 0.251 e. The molecule has 0 bridgehead atoms. The Morgan fingerprint density at radius 1 is 1.04 bits per heavy atom. The maximum absolute atomic E-state index is 12.5. The minimum Gasteiger partial charge on any atom is -0.497 e. The Kier molecular flexibility index (Phi) is 7.21. The summed E-state index contributed by atoms with van der Waals surface area (Å²) in [6, 6.07) is 13.9. The van der Waals surface area contributed by atoms with Crippen LogP contribution in [0.15, 0.2) is 53.0 Å². The maximum Gasteiger partial charge on any atom is 0.251 e. The lowest BCUT2D eigenvalue weighted by molar-refractivity contribution is -0.124. The van der Waals surface area contributed by atoms with Gasteiger partial charge in [0.25, 0.3) is 5.91 Å². The zero-order valence-corrected chi connectivity index (χ0v) is 16.7. The molecule has 26 heavy (non-hydrogen) atoms. The van der Waals surface area contributed by atoms with E-state index >= 15 is 0 Å². The molecule has 0 aromatic heterocycles. The summed E-state index contributed by atoms with van der Waals surface area (Å²) in [6.45, 7) is 4.19. The molecule has 2 N–H and O–H groups in total. The van der Waals surface area contributed by atoms with E-state index in [-0.39, 0.29) is 17.7 Å². The second-order valence-corrected chi connectivity index (χ2v) is 7.18.